The highest BCUT2D eigenvalue weighted by atomic mass is 35.5. The molecular weight excluding hydrogens is 308 g/mol. The van der Waals surface area contributed by atoms with E-state index in [1.54, 1.807) is 24.3 Å². The third-order valence-electron chi connectivity index (χ3n) is 2.54. The molecule has 100 valence electrons. The van der Waals surface area contributed by atoms with E-state index in [4.69, 9.17) is 28.9 Å². The van der Waals surface area contributed by atoms with Gasteiger partial charge in [0.25, 0.3) is 0 Å². The summed E-state index contributed by atoms with van der Waals surface area (Å²) < 4.78 is 25.9. The number of benzene rings is 2. The molecule has 0 heterocycles. The summed E-state index contributed by atoms with van der Waals surface area (Å²) in [4.78, 5) is 0.434. The van der Waals surface area contributed by atoms with Crippen LogP contribution in [0.25, 0.3) is 0 Å². The number of nitrogens with two attached hydrogens (primary N) is 1. The average molecular weight is 318 g/mol. The molecule has 0 saturated heterocycles. The standard InChI is InChI=1S/C13H10Cl2FNOS/c14-9-4-5-12(11(17)6-9)19(18)7-8-2-1-3-10(15)13(8)16/h1-6H,7,17H2. The minimum Gasteiger partial charge on any atom is -0.398 e. The third kappa shape index (κ3) is 3.26. The minimum absolute atomic E-state index is 0.0121. The van der Waals surface area contributed by atoms with Gasteiger partial charge in [0.1, 0.15) is 5.82 Å². The Bertz CT molecular complexity index is 649. The van der Waals surface area contributed by atoms with Gasteiger partial charge in [-0.15, -0.1) is 0 Å². The third-order valence-corrected chi connectivity index (χ3v) is 4.50. The van der Waals surface area contributed by atoms with Crippen LogP contribution >= 0.6 is 23.2 Å². The molecule has 0 saturated carbocycles. The number of halogens is 3. The van der Waals surface area contributed by atoms with Gasteiger partial charge in [0.05, 0.1) is 26.5 Å². The van der Waals surface area contributed by atoms with Gasteiger partial charge >= 0.3 is 0 Å². The molecule has 2 nitrogen and oxygen atoms in total. The second-order valence-corrected chi connectivity index (χ2v) is 6.15. The highest BCUT2D eigenvalue weighted by Crippen LogP contribution is 2.25. The first-order valence-corrected chi connectivity index (χ1v) is 7.43. The second-order valence-electron chi connectivity index (χ2n) is 3.88. The van der Waals surface area contributed by atoms with Crippen molar-refractivity contribution in [2.75, 3.05) is 5.73 Å². The lowest BCUT2D eigenvalue weighted by atomic mass is 10.2. The number of rotatable bonds is 3. The molecule has 0 amide bonds. The maximum absolute atomic E-state index is 13.7. The van der Waals surface area contributed by atoms with Crippen LogP contribution in [0.3, 0.4) is 0 Å². The molecule has 0 radical (unpaired) electrons. The van der Waals surface area contributed by atoms with Gasteiger partial charge in [0.15, 0.2) is 0 Å². The Morgan fingerprint density at radius 2 is 1.95 bits per heavy atom. The van der Waals surface area contributed by atoms with Crippen LogP contribution in [0.1, 0.15) is 5.56 Å². The van der Waals surface area contributed by atoms with Crippen LogP contribution in [0.5, 0.6) is 0 Å². The maximum Gasteiger partial charge on any atom is 0.145 e. The van der Waals surface area contributed by atoms with Gasteiger partial charge in [-0.05, 0) is 24.3 Å². The Kier molecular flexibility index (Phi) is 4.45. The fraction of sp³-hybridized carbons (Fsp3) is 0.0769. The second kappa shape index (κ2) is 5.90. The molecule has 0 aliphatic carbocycles. The molecule has 2 aromatic rings. The summed E-state index contributed by atoms with van der Waals surface area (Å²) in [7, 11) is -1.46. The molecule has 0 fully saturated rings. The first kappa shape index (κ1) is 14.3. The molecule has 2 aromatic carbocycles. The summed E-state index contributed by atoms with van der Waals surface area (Å²) in [6.45, 7) is 0. The zero-order valence-corrected chi connectivity index (χ0v) is 12.0. The first-order chi connectivity index (χ1) is 8.99. The number of hydrogen-bond donors (Lipinski definition) is 1. The van der Waals surface area contributed by atoms with Crippen LogP contribution in [-0.4, -0.2) is 4.21 Å². The summed E-state index contributed by atoms with van der Waals surface area (Å²) in [6.07, 6.45) is 0. The van der Waals surface area contributed by atoms with Gasteiger partial charge in [-0.1, -0.05) is 35.3 Å². The van der Waals surface area contributed by atoms with Crippen LogP contribution in [0.15, 0.2) is 41.3 Å². The van der Waals surface area contributed by atoms with Crippen LogP contribution in [-0.2, 0) is 16.6 Å². The Morgan fingerprint density at radius 1 is 1.21 bits per heavy atom. The molecular formula is C13H10Cl2FNOS. The van der Waals surface area contributed by atoms with E-state index in [-0.39, 0.29) is 10.8 Å². The van der Waals surface area contributed by atoms with Crippen molar-refractivity contribution >= 4 is 39.7 Å². The van der Waals surface area contributed by atoms with Gasteiger partial charge in [0.2, 0.25) is 0 Å². The molecule has 1 unspecified atom stereocenters. The van der Waals surface area contributed by atoms with Crippen molar-refractivity contribution in [2.45, 2.75) is 10.6 Å². The Hall–Kier alpha value is -1.10. The van der Waals surface area contributed by atoms with Crippen molar-refractivity contribution in [1.82, 2.24) is 0 Å². The number of nitrogen functional groups attached to an aromatic ring is 1. The van der Waals surface area contributed by atoms with E-state index in [0.29, 0.717) is 21.2 Å². The van der Waals surface area contributed by atoms with E-state index in [1.807, 2.05) is 0 Å². The van der Waals surface area contributed by atoms with Crippen LogP contribution in [0.2, 0.25) is 10.0 Å². The Balaban J connectivity index is 2.28. The average Bonchev–Trinajstić information content (AvgIpc) is 2.34. The molecule has 0 spiro atoms. The minimum atomic E-state index is -1.46. The molecule has 0 aliphatic rings. The normalized spacial score (nSPS) is 12.4. The Labute approximate surface area is 122 Å². The van der Waals surface area contributed by atoms with E-state index < -0.39 is 16.6 Å². The summed E-state index contributed by atoms with van der Waals surface area (Å²) in [5.74, 6) is -0.539. The summed E-state index contributed by atoms with van der Waals surface area (Å²) in [6, 6.07) is 9.30. The van der Waals surface area contributed by atoms with Gasteiger partial charge in [0, 0.05) is 16.3 Å². The lowest BCUT2D eigenvalue weighted by Gasteiger charge is -2.07. The van der Waals surface area contributed by atoms with Gasteiger partial charge in [-0.2, -0.15) is 0 Å². The first-order valence-electron chi connectivity index (χ1n) is 5.35. The van der Waals surface area contributed by atoms with Crippen LogP contribution in [0, 0.1) is 5.82 Å². The zero-order chi connectivity index (χ0) is 14.0. The topological polar surface area (TPSA) is 43.1 Å². The van der Waals surface area contributed by atoms with Gasteiger partial charge in [-0.3, -0.25) is 4.21 Å². The van der Waals surface area contributed by atoms with Crippen LogP contribution < -0.4 is 5.73 Å². The maximum atomic E-state index is 13.7. The smallest absolute Gasteiger partial charge is 0.145 e. The van der Waals surface area contributed by atoms with E-state index in [0.717, 1.165) is 0 Å². The van der Waals surface area contributed by atoms with Crippen molar-refractivity contribution in [3.63, 3.8) is 0 Å². The van der Waals surface area contributed by atoms with E-state index >= 15 is 0 Å². The van der Waals surface area contributed by atoms with Crippen molar-refractivity contribution in [1.29, 1.82) is 0 Å². The highest BCUT2D eigenvalue weighted by molar-refractivity contribution is 7.84. The largest absolute Gasteiger partial charge is 0.398 e. The Morgan fingerprint density at radius 3 is 2.63 bits per heavy atom. The molecule has 0 aliphatic heterocycles. The molecule has 6 heteroatoms. The van der Waals surface area contributed by atoms with Gasteiger partial charge in [-0.25, -0.2) is 4.39 Å². The van der Waals surface area contributed by atoms with Crippen molar-refractivity contribution < 1.29 is 8.60 Å². The predicted octanol–water partition coefficient (Wildman–Crippen LogP) is 4.02. The monoisotopic (exact) mass is 317 g/mol. The van der Waals surface area contributed by atoms with E-state index in [2.05, 4.69) is 0 Å². The lowest BCUT2D eigenvalue weighted by molar-refractivity contribution is 0.615. The van der Waals surface area contributed by atoms with Crippen molar-refractivity contribution in [3.05, 3.63) is 57.8 Å². The molecule has 2 rings (SSSR count). The molecule has 1 atom stereocenters. The fourth-order valence-corrected chi connectivity index (χ4v) is 3.18. The van der Waals surface area contributed by atoms with E-state index in [9.17, 15) is 8.60 Å². The number of hydrogen-bond acceptors (Lipinski definition) is 2. The van der Waals surface area contributed by atoms with E-state index in [1.165, 1.54) is 12.1 Å². The molecule has 0 bridgehead atoms. The molecule has 2 N–H and O–H groups in total. The fourth-order valence-electron chi connectivity index (χ4n) is 1.61. The molecule has 19 heavy (non-hydrogen) atoms. The molecule has 0 aromatic heterocycles. The summed E-state index contributed by atoms with van der Waals surface area (Å²) in [5.41, 5.74) is 6.37. The van der Waals surface area contributed by atoms with Gasteiger partial charge < -0.3 is 5.73 Å². The number of anilines is 1. The van der Waals surface area contributed by atoms with Crippen molar-refractivity contribution in [2.24, 2.45) is 0 Å². The van der Waals surface area contributed by atoms with Crippen molar-refractivity contribution in [3.8, 4) is 0 Å². The quantitative estimate of drug-likeness (QED) is 0.869. The summed E-state index contributed by atoms with van der Waals surface area (Å²) >= 11 is 11.5. The highest BCUT2D eigenvalue weighted by Gasteiger charge is 2.13. The van der Waals surface area contributed by atoms with Crippen LogP contribution in [0.4, 0.5) is 10.1 Å². The zero-order valence-electron chi connectivity index (χ0n) is 9.70. The summed E-state index contributed by atoms with van der Waals surface area (Å²) in [5, 5.41) is 0.478. The predicted molar refractivity (Wildman–Crippen MR) is 77.4 cm³/mol. The lowest BCUT2D eigenvalue weighted by Crippen LogP contribution is -2.02. The SMILES string of the molecule is Nc1cc(Cl)ccc1S(=O)Cc1cccc(Cl)c1F.